The average Bonchev–Trinajstić information content (AvgIpc) is 3.21. The van der Waals surface area contributed by atoms with Crippen LogP contribution in [0.5, 0.6) is 5.75 Å². The standard InChI is InChI=1S/C24H22N4O3S/c1-3-15-9-7-8-12-18(15)26-23(30)25-17-13-19(31-2)21-20(14-17)32-24(27-21)28-22(29)16-10-5-4-6-11-16/h4-14H,3H2,1-2H3,(H2,25,26,30)(H,27,28,29). The highest BCUT2D eigenvalue weighted by atomic mass is 32.1. The summed E-state index contributed by atoms with van der Waals surface area (Å²) in [6.45, 7) is 2.04. The lowest BCUT2D eigenvalue weighted by atomic mass is 10.1. The topological polar surface area (TPSA) is 92.3 Å². The fourth-order valence-corrected chi connectivity index (χ4v) is 4.19. The molecule has 32 heavy (non-hydrogen) atoms. The largest absolute Gasteiger partial charge is 0.494 e. The molecule has 4 rings (SSSR count). The fourth-order valence-electron chi connectivity index (χ4n) is 3.27. The maximum absolute atomic E-state index is 12.6. The Morgan fingerprint density at radius 2 is 1.72 bits per heavy atom. The predicted molar refractivity (Wildman–Crippen MR) is 129 cm³/mol. The fraction of sp³-hybridized carbons (Fsp3) is 0.125. The molecular formula is C24H22N4O3S. The molecule has 0 spiro atoms. The molecule has 0 aliphatic heterocycles. The number of para-hydroxylation sites is 1. The van der Waals surface area contributed by atoms with Gasteiger partial charge in [0, 0.05) is 23.0 Å². The van der Waals surface area contributed by atoms with Gasteiger partial charge in [-0.1, -0.05) is 54.7 Å². The molecule has 0 saturated carbocycles. The van der Waals surface area contributed by atoms with E-state index in [2.05, 4.69) is 20.9 Å². The summed E-state index contributed by atoms with van der Waals surface area (Å²) in [5.41, 5.74) is 3.54. The molecular weight excluding hydrogens is 424 g/mol. The van der Waals surface area contributed by atoms with Gasteiger partial charge in [-0.05, 0) is 36.2 Å². The summed E-state index contributed by atoms with van der Waals surface area (Å²) in [5.74, 6) is 0.263. The van der Waals surface area contributed by atoms with E-state index >= 15 is 0 Å². The van der Waals surface area contributed by atoms with Crippen LogP contribution in [-0.4, -0.2) is 24.0 Å². The summed E-state index contributed by atoms with van der Waals surface area (Å²) in [4.78, 5) is 29.5. The monoisotopic (exact) mass is 446 g/mol. The highest BCUT2D eigenvalue weighted by molar-refractivity contribution is 7.22. The van der Waals surface area contributed by atoms with Crippen LogP contribution in [0.2, 0.25) is 0 Å². The maximum Gasteiger partial charge on any atom is 0.323 e. The van der Waals surface area contributed by atoms with E-state index < -0.39 is 0 Å². The number of ether oxygens (including phenoxy) is 1. The molecule has 0 saturated heterocycles. The van der Waals surface area contributed by atoms with Gasteiger partial charge in [0.15, 0.2) is 5.13 Å². The first-order chi connectivity index (χ1) is 15.6. The van der Waals surface area contributed by atoms with Crippen molar-refractivity contribution in [1.29, 1.82) is 0 Å². The van der Waals surface area contributed by atoms with E-state index in [0.29, 0.717) is 27.6 Å². The number of carbonyl (C=O) groups excluding carboxylic acids is 2. The highest BCUT2D eigenvalue weighted by Crippen LogP contribution is 2.35. The Bertz CT molecular complexity index is 1270. The number of nitrogens with one attached hydrogen (secondary N) is 3. The number of nitrogens with zero attached hydrogens (tertiary/aromatic N) is 1. The van der Waals surface area contributed by atoms with E-state index in [1.807, 2.05) is 37.3 Å². The Labute approximate surface area is 189 Å². The molecule has 0 aliphatic carbocycles. The van der Waals surface area contributed by atoms with E-state index in [1.165, 1.54) is 18.4 Å². The van der Waals surface area contributed by atoms with Crippen LogP contribution < -0.4 is 20.7 Å². The van der Waals surface area contributed by atoms with Crippen molar-refractivity contribution < 1.29 is 14.3 Å². The van der Waals surface area contributed by atoms with Gasteiger partial charge in [-0.15, -0.1) is 0 Å². The van der Waals surface area contributed by atoms with Gasteiger partial charge in [-0.3, -0.25) is 10.1 Å². The van der Waals surface area contributed by atoms with Crippen LogP contribution in [0.1, 0.15) is 22.8 Å². The molecule has 3 aromatic carbocycles. The van der Waals surface area contributed by atoms with Gasteiger partial charge >= 0.3 is 6.03 Å². The van der Waals surface area contributed by atoms with Crippen molar-refractivity contribution in [2.75, 3.05) is 23.1 Å². The minimum atomic E-state index is -0.352. The zero-order valence-corrected chi connectivity index (χ0v) is 18.5. The van der Waals surface area contributed by atoms with E-state index in [1.54, 1.807) is 36.4 Å². The summed E-state index contributed by atoms with van der Waals surface area (Å²) in [6, 6.07) is 19.8. The highest BCUT2D eigenvalue weighted by Gasteiger charge is 2.15. The quantitative estimate of drug-likeness (QED) is 0.351. The minimum Gasteiger partial charge on any atom is -0.494 e. The molecule has 0 aliphatic rings. The molecule has 0 unspecified atom stereocenters. The lowest BCUT2D eigenvalue weighted by Crippen LogP contribution is -2.20. The van der Waals surface area contributed by atoms with Gasteiger partial charge in [0.2, 0.25) is 0 Å². The molecule has 0 fully saturated rings. The first kappa shape index (κ1) is 21.3. The molecule has 0 radical (unpaired) electrons. The SMILES string of the molecule is CCc1ccccc1NC(=O)Nc1cc(OC)c2nc(NC(=O)c3ccccc3)sc2c1. The zero-order valence-electron chi connectivity index (χ0n) is 17.6. The third kappa shape index (κ3) is 4.70. The summed E-state index contributed by atoms with van der Waals surface area (Å²) in [5, 5.41) is 9.00. The van der Waals surface area contributed by atoms with Gasteiger partial charge in [-0.2, -0.15) is 0 Å². The Balaban J connectivity index is 1.54. The first-order valence-corrected chi connectivity index (χ1v) is 10.9. The number of amides is 3. The van der Waals surface area contributed by atoms with Crippen LogP contribution in [-0.2, 0) is 6.42 Å². The van der Waals surface area contributed by atoms with Gasteiger partial charge in [0.1, 0.15) is 11.3 Å². The molecule has 7 nitrogen and oxygen atoms in total. The number of hydrogen-bond acceptors (Lipinski definition) is 5. The predicted octanol–water partition coefficient (Wildman–Crippen LogP) is 5.76. The molecule has 1 aromatic heterocycles. The number of benzene rings is 3. The zero-order chi connectivity index (χ0) is 22.5. The van der Waals surface area contributed by atoms with E-state index in [0.717, 1.165) is 22.4 Å². The van der Waals surface area contributed by atoms with Crippen LogP contribution in [0.4, 0.5) is 21.3 Å². The number of carbonyl (C=O) groups is 2. The molecule has 162 valence electrons. The molecule has 8 heteroatoms. The second kappa shape index (κ2) is 9.49. The number of aryl methyl sites for hydroxylation is 1. The van der Waals surface area contributed by atoms with E-state index in [4.69, 9.17) is 4.74 Å². The van der Waals surface area contributed by atoms with E-state index in [-0.39, 0.29) is 11.9 Å². The number of methoxy groups -OCH3 is 1. The molecule has 4 aromatic rings. The second-order valence-electron chi connectivity index (χ2n) is 6.95. The third-order valence-electron chi connectivity index (χ3n) is 4.84. The molecule has 1 heterocycles. The van der Waals surface area contributed by atoms with Gasteiger partial charge in [0.05, 0.1) is 11.8 Å². The van der Waals surface area contributed by atoms with Crippen LogP contribution in [0.15, 0.2) is 66.7 Å². The van der Waals surface area contributed by atoms with Gasteiger partial charge < -0.3 is 15.4 Å². The molecule has 3 amide bonds. The van der Waals surface area contributed by atoms with Crippen molar-refractivity contribution in [2.45, 2.75) is 13.3 Å². The van der Waals surface area contributed by atoms with Gasteiger partial charge in [-0.25, -0.2) is 9.78 Å². The normalized spacial score (nSPS) is 10.6. The Morgan fingerprint density at radius 3 is 2.47 bits per heavy atom. The number of hydrogen-bond donors (Lipinski definition) is 3. The molecule has 3 N–H and O–H groups in total. The summed E-state index contributed by atoms with van der Waals surface area (Å²) in [7, 11) is 1.54. The summed E-state index contributed by atoms with van der Waals surface area (Å²) >= 11 is 1.31. The Kier molecular flexibility index (Phi) is 6.32. The van der Waals surface area contributed by atoms with Gasteiger partial charge in [0.25, 0.3) is 5.91 Å². The maximum atomic E-state index is 12.6. The number of aromatic nitrogens is 1. The van der Waals surface area contributed by atoms with Crippen molar-refractivity contribution in [3.8, 4) is 5.75 Å². The number of fused-ring (bicyclic) bond motifs is 1. The number of rotatable bonds is 6. The molecule has 0 bridgehead atoms. The lowest BCUT2D eigenvalue weighted by Gasteiger charge is -2.11. The van der Waals surface area contributed by atoms with Crippen molar-refractivity contribution in [3.63, 3.8) is 0 Å². The molecule has 0 atom stereocenters. The first-order valence-electron chi connectivity index (χ1n) is 10.1. The number of urea groups is 1. The smallest absolute Gasteiger partial charge is 0.323 e. The van der Waals surface area contributed by atoms with Crippen LogP contribution in [0, 0.1) is 0 Å². The van der Waals surface area contributed by atoms with Crippen molar-refractivity contribution in [1.82, 2.24) is 4.98 Å². The van der Waals surface area contributed by atoms with Crippen molar-refractivity contribution >= 4 is 50.0 Å². The number of anilines is 3. The average molecular weight is 447 g/mol. The van der Waals surface area contributed by atoms with Crippen LogP contribution >= 0.6 is 11.3 Å². The third-order valence-corrected chi connectivity index (χ3v) is 5.76. The Morgan fingerprint density at radius 1 is 0.969 bits per heavy atom. The summed E-state index contributed by atoms with van der Waals surface area (Å²) < 4.78 is 6.24. The second-order valence-corrected chi connectivity index (χ2v) is 7.98. The van der Waals surface area contributed by atoms with E-state index in [9.17, 15) is 9.59 Å². The lowest BCUT2D eigenvalue weighted by molar-refractivity contribution is 0.102. The van der Waals surface area contributed by atoms with Crippen molar-refractivity contribution in [3.05, 3.63) is 77.9 Å². The van der Waals surface area contributed by atoms with Crippen LogP contribution in [0.25, 0.3) is 10.2 Å². The Hall–Kier alpha value is -3.91. The summed E-state index contributed by atoms with van der Waals surface area (Å²) in [6.07, 6.45) is 0.814. The van der Waals surface area contributed by atoms with Crippen molar-refractivity contribution in [2.24, 2.45) is 0 Å². The number of thiazole rings is 1. The van der Waals surface area contributed by atoms with Crippen LogP contribution in [0.3, 0.4) is 0 Å². The minimum absolute atomic E-state index is 0.240.